The highest BCUT2D eigenvalue weighted by Crippen LogP contribution is 2.50. The molecule has 1 aliphatic heterocycles. The number of amides is 3. The Morgan fingerprint density at radius 3 is 2.19 bits per heavy atom. The summed E-state index contributed by atoms with van der Waals surface area (Å²) in [4.78, 5) is 36.4. The van der Waals surface area contributed by atoms with Crippen LogP contribution in [-0.4, -0.2) is 53.8 Å². The molecule has 0 saturated heterocycles. The predicted octanol–water partition coefficient (Wildman–Crippen LogP) is 7.60. The lowest BCUT2D eigenvalue weighted by atomic mass is 9.75. The van der Waals surface area contributed by atoms with E-state index in [2.05, 4.69) is 36.7 Å². The summed E-state index contributed by atoms with van der Waals surface area (Å²) in [5.74, 6) is -1.53. The molecule has 3 amide bonds. The van der Waals surface area contributed by atoms with Crippen molar-refractivity contribution in [1.82, 2.24) is 15.3 Å². The van der Waals surface area contributed by atoms with Crippen molar-refractivity contribution in [2.75, 3.05) is 22.2 Å². The molecule has 10 nitrogen and oxygen atoms in total. The molecule has 2 N–H and O–H groups in total. The summed E-state index contributed by atoms with van der Waals surface area (Å²) < 4.78 is 86.2. The van der Waals surface area contributed by atoms with Gasteiger partial charge in [-0.15, -0.1) is 26.3 Å². The lowest BCUT2D eigenvalue weighted by molar-refractivity contribution is -0.276. The summed E-state index contributed by atoms with van der Waals surface area (Å²) in [5, 5.41) is 4.51. The Morgan fingerprint density at radius 1 is 1.00 bits per heavy atom. The molecule has 2 heterocycles. The number of carbonyl (C=O) groups excluding carboxylic acids is 2. The topological polar surface area (TPSA) is 109 Å². The summed E-state index contributed by atoms with van der Waals surface area (Å²) in [6, 6.07) is -1.17. The van der Waals surface area contributed by atoms with E-state index in [-0.39, 0.29) is 41.4 Å². The van der Waals surface area contributed by atoms with Crippen LogP contribution in [0.1, 0.15) is 50.5 Å². The molecule has 0 spiro atoms. The Hall–Kier alpha value is -3.66. The van der Waals surface area contributed by atoms with Gasteiger partial charge in [0, 0.05) is 37.0 Å². The lowest BCUT2D eigenvalue weighted by Gasteiger charge is -2.39. The lowest BCUT2D eigenvalue weighted by Crippen LogP contribution is -2.51. The van der Waals surface area contributed by atoms with Gasteiger partial charge in [-0.2, -0.15) is 4.98 Å². The summed E-state index contributed by atoms with van der Waals surface area (Å²) in [5.41, 5.74) is -0.436. The molecule has 2 aliphatic carbocycles. The first-order valence-corrected chi connectivity index (χ1v) is 15.4. The second kappa shape index (κ2) is 13.5. The fourth-order valence-electron chi connectivity index (χ4n) is 6.56. The van der Waals surface area contributed by atoms with Crippen LogP contribution in [0.15, 0.2) is 24.9 Å². The molecule has 5 rings (SSSR count). The van der Waals surface area contributed by atoms with Gasteiger partial charge in [-0.25, -0.2) is 9.78 Å². The van der Waals surface area contributed by atoms with Gasteiger partial charge >= 0.3 is 18.8 Å². The highest BCUT2D eigenvalue weighted by molar-refractivity contribution is 6.42. The zero-order valence-electron chi connectivity index (χ0n) is 24.9. The predicted molar refractivity (Wildman–Crippen MR) is 161 cm³/mol. The number of hydrogen-bond acceptors (Lipinski definition) is 7. The van der Waals surface area contributed by atoms with Gasteiger partial charge in [-0.3, -0.25) is 14.6 Å². The van der Waals surface area contributed by atoms with Gasteiger partial charge in [-0.05, 0) is 37.2 Å². The molecule has 2 aromatic rings. The van der Waals surface area contributed by atoms with Crippen molar-refractivity contribution < 1.29 is 45.4 Å². The van der Waals surface area contributed by atoms with E-state index in [1.165, 1.54) is 32.2 Å². The van der Waals surface area contributed by atoms with Crippen LogP contribution >= 0.6 is 23.2 Å². The van der Waals surface area contributed by atoms with Crippen LogP contribution in [0.3, 0.4) is 0 Å². The second-order valence-corrected chi connectivity index (χ2v) is 12.4. The average Bonchev–Trinajstić information content (AvgIpc) is 3.53. The molecule has 1 aromatic heterocycles. The smallest absolute Gasteiger partial charge is 0.404 e. The molecule has 47 heavy (non-hydrogen) atoms. The molecule has 0 bridgehead atoms. The van der Waals surface area contributed by atoms with Crippen LogP contribution in [0, 0.1) is 11.8 Å². The van der Waals surface area contributed by atoms with Gasteiger partial charge < -0.3 is 20.1 Å². The number of anilines is 3. The largest absolute Gasteiger partial charge is 0.573 e. The van der Waals surface area contributed by atoms with Crippen LogP contribution in [0.4, 0.5) is 48.6 Å². The molecule has 3 atom stereocenters. The third-order valence-corrected chi connectivity index (χ3v) is 9.35. The number of alkyl halides is 6. The summed E-state index contributed by atoms with van der Waals surface area (Å²) in [6.45, 7) is 3.10. The zero-order valence-corrected chi connectivity index (χ0v) is 26.4. The Labute approximate surface area is 275 Å². The molecule has 3 aliphatic rings. The van der Waals surface area contributed by atoms with Gasteiger partial charge in [0.05, 0.1) is 12.2 Å². The fourth-order valence-corrected chi connectivity index (χ4v) is 7.19. The Kier molecular flexibility index (Phi) is 9.92. The van der Waals surface area contributed by atoms with Gasteiger partial charge in [0.1, 0.15) is 15.9 Å². The van der Waals surface area contributed by atoms with E-state index in [4.69, 9.17) is 23.2 Å². The summed E-state index contributed by atoms with van der Waals surface area (Å²) >= 11 is 12.3. The van der Waals surface area contributed by atoms with E-state index in [0.29, 0.717) is 11.8 Å². The number of ether oxygens (including phenoxy) is 2. The van der Waals surface area contributed by atoms with Gasteiger partial charge in [0.15, 0.2) is 11.5 Å². The van der Waals surface area contributed by atoms with Crippen LogP contribution in [0.5, 0.6) is 11.5 Å². The molecule has 2 saturated carbocycles. The Balaban J connectivity index is 1.44. The highest BCUT2D eigenvalue weighted by Gasteiger charge is 2.41. The number of benzene rings is 1. The number of urea groups is 1. The van der Waals surface area contributed by atoms with Crippen LogP contribution in [0.2, 0.25) is 10.0 Å². The maximum absolute atomic E-state index is 13.6. The third-order valence-electron chi connectivity index (χ3n) is 8.62. The zero-order chi connectivity index (χ0) is 34.3. The van der Waals surface area contributed by atoms with Gasteiger partial charge in [-0.1, -0.05) is 55.5 Å². The number of nitrogens with zero attached hydrogens (tertiary/aromatic N) is 4. The maximum atomic E-state index is 13.6. The van der Waals surface area contributed by atoms with Crippen LogP contribution in [0.25, 0.3) is 0 Å². The average molecular weight is 711 g/mol. The number of rotatable bonds is 8. The molecule has 2 fully saturated rings. The molecular formula is C29H30Cl2F6N6O4. The SMILES string of the molecule is C=CC(=O)N[C@H]1CCC(C2CCCC2)C[C@H]1Nc1ncc2c(n1)N(C)C(=O)N(c1c(Cl)c(OC(F)(F)F)cc(OC(F)(F)F)c1Cl)C2. The highest BCUT2D eigenvalue weighted by atomic mass is 35.5. The normalized spacial score (nSPS) is 22.1. The van der Waals surface area contributed by atoms with Gasteiger partial charge in [0.25, 0.3) is 0 Å². The number of hydrogen-bond donors (Lipinski definition) is 2. The van der Waals surface area contributed by atoms with Gasteiger partial charge in [0.2, 0.25) is 11.9 Å². The molecule has 0 radical (unpaired) electrons. The molecule has 1 aromatic carbocycles. The van der Waals surface area contributed by atoms with Crippen molar-refractivity contribution in [2.24, 2.45) is 11.8 Å². The summed E-state index contributed by atoms with van der Waals surface area (Å²) in [7, 11) is 1.30. The number of carbonyl (C=O) groups is 2. The second-order valence-electron chi connectivity index (χ2n) is 11.6. The third kappa shape index (κ3) is 7.91. The number of aromatic nitrogens is 2. The van der Waals surface area contributed by atoms with Crippen molar-refractivity contribution in [3.05, 3.63) is 40.5 Å². The minimum Gasteiger partial charge on any atom is -0.404 e. The molecular weight excluding hydrogens is 681 g/mol. The van der Waals surface area contributed by atoms with Crippen molar-refractivity contribution >= 4 is 52.6 Å². The Bertz CT molecular complexity index is 1500. The number of halogens is 8. The Morgan fingerprint density at radius 2 is 1.62 bits per heavy atom. The minimum atomic E-state index is -5.35. The quantitative estimate of drug-likeness (QED) is 0.215. The van der Waals surface area contributed by atoms with E-state index in [1.54, 1.807) is 0 Å². The first-order valence-electron chi connectivity index (χ1n) is 14.7. The van der Waals surface area contributed by atoms with Crippen molar-refractivity contribution in [2.45, 2.75) is 76.3 Å². The number of nitrogens with one attached hydrogen (secondary N) is 2. The number of fused-ring (bicyclic) bond motifs is 1. The minimum absolute atomic E-state index is 0.125. The van der Waals surface area contributed by atoms with Crippen molar-refractivity contribution in [3.63, 3.8) is 0 Å². The molecule has 18 heteroatoms. The van der Waals surface area contributed by atoms with E-state index < -0.39 is 52.5 Å². The van der Waals surface area contributed by atoms with E-state index >= 15 is 0 Å². The first kappa shape index (κ1) is 34.7. The molecule has 1 unspecified atom stereocenters. The fraction of sp³-hybridized carbons (Fsp3) is 0.517. The maximum Gasteiger partial charge on any atom is 0.573 e. The van der Waals surface area contributed by atoms with Crippen molar-refractivity contribution in [1.29, 1.82) is 0 Å². The standard InChI is InChI=1S/C29H30Cl2F6N6O4/c1-3-21(44)39-17-9-8-15(14-6-4-5-7-14)10-18(17)40-26-38-12-16-13-43(27(45)42(2)25(16)41-26)24-22(30)19(46-28(32,33)34)11-20(23(24)31)47-29(35,36)37/h3,11-12,14-15,17-18H,1,4-10,13H2,2H3,(H,39,44)(H,38,40,41)/t15?,17-,18+/m0/s1. The monoisotopic (exact) mass is 710 g/mol. The first-order chi connectivity index (χ1) is 22.0. The summed E-state index contributed by atoms with van der Waals surface area (Å²) in [6.07, 6.45) is -1.00. The van der Waals surface area contributed by atoms with E-state index in [0.717, 1.165) is 41.9 Å². The molecule has 256 valence electrons. The van der Waals surface area contributed by atoms with Crippen LogP contribution < -0.4 is 29.9 Å². The van der Waals surface area contributed by atoms with E-state index in [9.17, 15) is 35.9 Å². The van der Waals surface area contributed by atoms with Crippen molar-refractivity contribution in [3.8, 4) is 11.5 Å². The van der Waals surface area contributed by atoms with E-state index in [1.807, 2.05) is 0 Å². The van der Waals surface area contributed by atoms with Crippen LogP contribution in [-0.2, 0) is 11.3 Å².